The highest BCUT2D eigenvalue weighted by Gasteiger charge is 2.14. The van der Waals surface area contributed by atoms with Gasteiger partial charge < -0.3 is 10.2 Å². The molecule has 0 bridgehead atoms. The standard InChI is InChI=1S/C18H20Cl2N2O/c1-12-8-13(2)18(16(20)9-12)21-17(23)11-22(3)10-14-4-6-15(19)7-5-14/h4-9H,10-11H2,1-3H3,(H,21,23)/p+1. The molecule has 0 saturated heterocycles. The zero-order valence-corrected chi connectivity index (χ0v) is 15.1. The van der Waals surface area contributed by atoms with E-state index in [4.69, 9.17) is 23.2 Å². The number of benzene rings is 2. The van der Waals surface area contributed by atoms with E-state index in [1.54, 1.807) is 0 Å². The molecule has 0 fully saturated rings. The molecule has 2 N–H and O–H groups in total. The fourth-order valence-electron chi connectivity index (χ4n) is 2.54. The minimum absolute atomic E-state index is 0.0506. The monoisotopic (exact) mass is 351 g/mol. The molecule has 3 nitrogen and oxygen atoms in total. The van der Waals surface area contributed by atoms with E-state index in [9.17, 15) is 4.79 Å². The van der Waals surface area contributed by atoms with Crippen molar-refractivity contribution in [3.05, 3.63) is 63.1 Å². The Morgan fingerprint density at radius 3 is 2.39 bits per heavy atom. The topological polar surface area (TPSA) is 33.5 Å². The van der Waals surface area contributed by atoms with Gasteiger partial charge in [0, 0.05) is 10.6 Å². The summed E-state index contributed by atoms with van der Waals surface area (Å²) in [6.07, 6.45) is 0. The van der Waals surface area contributed by atoms with Crippen molar-refractivity contribution in [2.75, 3.05) is 18.9 Å². The van der Waals surface area contributed by atoms with Crippen LogP contribution in [0.3, 0.4) is 0 Å². The predicted octanol–water partition coefficient (Wildman–Crippen LogP) is 3.26. The molecular formula is C18H21Cl2N2O+. The molecule has 0 radical (unpaired) electrons. The van der Waals surface area contributed by atoms with Crippen LogP contribution in [0.15, 0.2) is 36.4 Å². The molecule has 0 saturated carbocycles. The number of halogens is 2. The maximum Gasteiger partial charge on any atom is 0.279 e. The van der Waals surface area contributed by atoms with Crippen LogP contribution >= 0.6 is 23.2 Å². The van der Waals surface area contributed by atoms with E-state index in [1.807, 2.05) is 57.3 Å². The van der Waals surface area contributed by atoms with E-state index < -0.39 is 0 Å². The second-order valence-corrected chi connectivity index (χ2v) is 6.77. The highest BCUT2D eigenvalue weighted by molar-refractivity contribution is 6.34. The first-order chi connectivity index (χ1) is 10.8. The van der Waals surface area contributed by atoms with Crippen LogP contribution in [0.1, 0.15) is 16.7 Å². The molecule has 1 amide bonds. The third-order valence-corrected chi connectivity index (χ3v) is 4.13. The zero-order valence-electron chi connectivity index (χ0n) is 13.5. The summed E-state index contributed by atoms with van der Waals surface area (Å²) in [7, 11) is 1.98. The third kappa shape index (κ3) is 5.24. The Bertz CT molecular complexity index is 676. The predicted molar refractivity (Wildman–Crippen MR) is 96.5 cm³/mol. The van der Waals surface area contributed by atoms with Gasteiger partial charge in [-0.3, -0.25) is 4.79 Å². The number of anilines is 1. The fourth-order valence-corrected chi connectivity index (χ4v) is 3.04. The number of hydrogen-bond donors (Lipinski definition) is 2. The summed E-state index contributed by atoms with van der Waals surface area (Å²) in [4.78, 5) is 13.3. The number of carbonyl (C=O) groups excluding carboxylic acids is 1. The highest BCUT2D eigenvalue weighted by atomic mass is 35.5. The minimum Gasteiger partial charge on any atom is -0.326 e. The fraction of sp³-hybridized carbons (Fsp3) is 0.278. The first-order valence-corrected chi connectivity index (χ1v) is 8.23. The summed E-state index contributed by atoms with van der Waals surface area (Å²) in [5.74, 6) is -0.0506. The molecule has 5 heteroatoms. The highest BCUT2D eigenvalue weighted by Crippen LogP contribution is 2.27. The molecule has 0 aliphatic carbocycles. The molecule has 0 spiro atoms. The molecule has 23 heavy (non-hydrogen) atoms. The zero-order chi connectivity index (χ0) is 17.0. The van der Waals surface area contributed by atoms with E-state index >= 15 is 0 Å². The smallest absolute Gasteiger partial charge is 0.279 e. The van der Waals surface area contributed by atoms with Gasteiger partial charge in [-0.2, -0.15) is 0 Å². The van der Waals surface area contributed by atoms with Crippen LogP contribution < -0.4 is 10.2 Å². The molecule has 1 unspecified atom stereocenters. The van der Waals surface area contributed by atoms with Gasteiger partial charge in [0.15, 0.2) is 6.54 Å². The van der Waals surface area contributed by atoms with Crippen molar-refractivity contribution >= 4 is 34.8 Å². The summed E-state index contributed by atoms with van der Waals surface area (Å²) in [5, 5.41) is 4.21. The molecule has 0 aliphatic rings. The van der Waals surface area contributed by atoms with Crippen LogP contribution in [0.4, 0.5) is 5.69 Å². The van der Waals surface area contributed by atoms with Gasteiger partial charge in [-0.25, -0.2) is 0 Å². The first-order valence-electron chi connectivity index (χ1n) is 7.47. The van der Waals surface area contributed by atoms with Crippen molar-refractivity contribution in [3.8, 4) is 0 Å². The molecule has 2 rings (SSSR count). The lowest BCUT2D eigenvalue weighted by molar-refractivity contribution is -0.885. The number of carbonyl (C=O) groups is 1. The van der Waals surface area contributed by atoms with Crippen LogP contribution in [-0.4, -0.2) is 19.5 Å². The lowest BCUT2D eigenvalue weighted by Gasteiger charge is -2.16. The van der Waals surface area contributed by atoms with Crippen molar-refractivity contribution in [2.45, 2.75) is 20.4 Å². The van der Waals surface area contributed by atoms with Gasteiger partial charge in [-0.05, 0) is 43.2 Å². The summed E-state index contributed by atoms with van der Waals surface area (Å²) in [6, 6.07) is 11.5. The van der Waals surface area contributed by atoms with Crippen LogP contribution in [-0.2, 0) is 11.3 Å². The van der Waals surface area contributed by atoms with E-state index in [0.717, 1.165) is 28.1 Å². The van der Waals surface area contributed by atoms with Crippen molar-refractivity contribution in [1.82, 2.24) is 0 Å². The normalized spacial score (nSPS) is 12.0. The van der Waals surface area contributed by atoms with Crippen LogP contribution in [0.25, 0.3) is 0 Å². The van der Waals surface area contributed by atoms with Crippen molar-refractivity contribution in [3.63, 3.8) is 0 Å². The Morgan fingerprint density at radius 2 is 1.78 bits per heavy atom. The van der Waals surface area contributed by atoms with Crippen molar-refractivity contribution in [1.29, 1.82) is 0 Å². The number of likely N-dealkylation sites (N-methyl/N-ethyl adjacent to an activating group) is 1. The molecule has 0 aromatic heterocycles. The Hall–Kier alpha value is -1.55. The largest absolute Gasteiger partial charge is 0.326 e. The molecule has 1 atom stereocenters. The maximum atomic E-state index is 12.2. The number of aryl methyl sites for hydroxylation is 2. The maximum absolute atomic E-state index is 12.2. The van der Waals surface area contributed by atoms with Gasteiger partial charge in [-0.1, -0.05) is 41.4 Å². The average molecular weight is 352 g/mol. The number of nitrogens with one attached hydrogen (secondary N) is 2. The SMILES string of the molecule is Cc1cc(C)c(NC(=O)C[NH+](C)Cc2ccc(Cl)cc2)c(Cl)c1. The quantitative estimate of drug-likeness (QED) is 0.851. The van der Waals surface area contributed by atoms with Crippen LogP contribution in [0.5, 0.6) is 0 Å². The van der Waals surface area contributed by atoms with Crippen LogP contribution in [0, 0.1) is 13.8 Å². The Balaban J connectivity index is 1.95. The minimum atomic E-state index is -0.0506. The number of hydrogen-bond acceptors (Lipinski definition) is 1. The second-order valence-electron chi connectivity index (χ2n) is 5.92. The van der Waals surface area contributed by atoms with Gasteiger partial charge in [-0.15, -0.1) is 0 Å². The van der Waals surface area contributed by atoms with Gasteiger partial charge in [0.2, 0.25) is 0 Å². The van der Waals surface area contributed by atoms with E-state index in [1.165, 1.54) is 0 Å². The molecular weight excluding hydrogens is 331 g/mol. The molecule has 122 valence electrons. The Labute approximate surface area is 147 Å². The summed E-state index contributed by atoms with van der Waals surface area (Å²) >= 11 is 12.1. The Kier molecular flexibility index (Phi) is 6.05. The summed E-state index contributed by atoms with van der Waals surface area (Å²) in [6.45, 7) is 5.05. The first kappa shape index (κ1) is 17.8. The van der Waals surface area contributed by atoms with Gasteiger partial charge in [0.05, 0.1) is 17.8 Å². The molecule has 0 aliphatic heterocycles. The van der Waals surface area contributed by atoms with E-state index in [-0.39, 0.29) is 5.91 Å². The molecule has 0 heterocycles. The van der Waals surface area contributed by atoms with Gasteiger partial charge >= 0.3 is 0 Å². The average Bonchev–Trinajstić information content (AvgIpc) is 2.45. The van der Waals surface area contributed by atoms with Gasteiger partial charge in [0.1, 0.15) is 6.54 Å². The van der Waals surface area contributed by atoms with Crippen molar-refractivity contribution < 1.29 is 9.69 Å². The number of rotatable bonds is 5. The van der Waals surface area contributed by atoms with E-state index in [2.05, 4.69) is 5.32 Å². The molecule has 2 aromatic rings. The number of quaternary nitrogens is 1. The lowest BCUT2D eigenvalue weighted by Crippen LogP contribution is -3.08. The lowest BCUT2D eigenvalue weighted by atomic mass is 10.1. The summed E-state index contributed by atoms with van der Waals surface area (Å²) in [5.41, 5.74) is 3.89. The van der Waals surface area contributed by atoms with E-state index in [0.29, 0.717) is 22.3 Å². The molecule has 2 aromatic carbocycles. The summed E-state index contributed by atoms with van der Waals surface area (Å²) < 4.78 is 0. The Morgan fingerprint density at radius 1 is 1.13 bits per heavy atom. The number of amides is 1. The van der Waals surface area contributed by atoms with Gasteiger partial charge in [0.25, 0.3) is 5.91 Å². The second kappa shape index (κ2) is 7.82. The van der Waals surface area contributed by atoms with Crippen LogP contribution in [0.2, 0.25) is 10.0 Å². The van der Waals surface area contributed by atoms with Crippen molar-refractivity contribution in [2.24, 2.45) is 0 Å². The third-order valence-electron chi connectivity index (χ3n) is 3.58.